The van der Waals surface area contributed by atoms with Crippen molar-refractivity contribution in [1.82, 2.24) is 51.8 Å². The fourth-order valence-corrected chi connectivity index (χ4v) is 8.01. The zero-order valence-electron chi connectivity index (χ0n) is 41.6. The minimum Gasteiger partial charge on any atom is -0.399 e. The van der Waals surface area contributed by atoms with E-state index in [1.165, 1.54) is 43.7 Å². The van der Waals surface area contributed by atoms with Crippen molar-refractivity contribution in [2.45, 2.75) is 101 Å². The van der Waals surface area contributed by atoms with Gasteiger partial charge in [0, 0.05) is 65.9 Å². The molecule has 0 fully saturated rings. The lowest BCUT2D eigenvalue weighted by Crippen LogP contribution is -2.59. The molecule has 6 atom stereocenters. The molecule has 0 saturated heterocycles. The van der Waals surface area contributed by atoms with Gasteiger partial charge in [-0.2, -0.15) is 0 Å². The number of nitrogens with one attached hydrogen (secondary N) is 8. The van der Waals surface area contributed by atoms with Crippen LogP contribution in [0.15, 0.2) is 97.6 Å². The molecule has 24 nitrogen and oxygen atoms in total. The Morgan fingerprint density at radius 1 is 0.680 bits per heavy atom. The number of para-hydroxylation sites is 1. The Morgan fingerprint density at radius 3 is 1.95 bits per heavy atom. The van der Waals surface area contributed by atoms with Crippen molar-refractivity contribution < 1.29 is 47.9 Å². The van der Waals surface area contributed by atoms with Crippen LogP contribution < -0.4 is 54.8 Å². The van der Waals surface area contributed by atoms with Crippen molar-refractivity contribution in [3.63, 3.8) is 0 Å². The Kier molecular flexibility index (Phi) is 21.1. The third-order valence-corrected chi connectivity index (χ3v) is 12.1. The van der Waals surface area contributed by atoms with Crippen LogP contribution in [0.4, 0.5) is 5.69 Å². The standard InChI is InChI=1S/C51H64N14O10/c1-3-4-13-37(45(55)69)62-48(72)38(21-30-10-6-5-7-11-30)63-49(73)40(23-34-26-56-28-59-34)61-43(67)27-58-46(70)29(2)60-47(71)39(22-32-25-57-36-14-9-8-12-35(32)36)64-50(74)41(19-20-42(54)66)65(44(68)24-52)51(75)31-15-17-33(53)18-16-31/h5-12,14-18,25-26,28-29,37-41,57H,3-4,13,19-24,27,52-53H2,1-2H3,(H2,54,66)(H2,55,69)(H,56,59)(H,58,70)(H,60,71)(H,61,67)(H,62,72)(H,63,73)(H,64,74)/t29-,37-,38-,39-,40-,41-/m0/s1. The molecule has 0 saturated carbocycles. The molecule has 0 bridgehead atoms. The second-order valence-electron chi connectivity index (χ2n) is 17.7. The van der Waals surface area contributed by atoms with Gasteiger partial charge in [-0.25, -0.2) is 4.98 Å². The molecule has 0 aliphatic heterocycles. The number of nitrogen functional groups attached to an aromatic ring is 1. The number of hydrogen-bond acceptors (Lipinski definition) is 13. The first-order chi connectivity index (χ1) is 35.9. The zero-order valence-corrected chi connectivity index (χ0v) is 41.6. The number of hydrogen-bond donors (Lipinski definition) is 12. The van der Waals surface area contributed by atoms with Crippen molar-refractivity contribution in [2.24, 2.45) is 17.2 Å². The summed E-state index contributed by atoms with van der Waals surface area (Å²) >= 11 is 0. The van der Waals surface area contributed by atoms with Crippen molar-refractivity contribution >= 4 is 75.7 Å². The molecule has 2 aromatic heterocycles. The van der Waals surface area contributed by atoms with Gasteiger partial charge in [-0.15, -0.1) is 0 Å². The number of carbonyl (C=O) groups excluding carboxylic acids is 10. The third kappa shape index (κ3) is 16.8. The summed E-state index contributed by atoms with van der Waals surface area (Å²) in [6, 6.07) is 13.3. The van der Waals surface area contributed by atoms with E-state index in [9.17, 15) is 47.9 Å². The predicted octanol–water partition coefficient (Wildman–Crippen LogP) is -1.00. The van der Waals surface area contributed by atoms with Gasteiger partial charge in [-0.05, 0) is 61.2 Å². The molecule has 0 unspecified atom stereocenters. The average molecular weight is 1030 g/mol. The number of carbonyl (C=O) groups is 10. The van der Waals surface area contributed by atoms with E-state index in [1.807, 2.05) is 6.92 Å². The number of benzene rings is 3. The molecule has 0 radical (unpaired) electrons. The summed E-state index contributed by atoms with van der Waals surface area (Å²) in [5.41, 5.74) is 25.2. The molecule has 0 aliphatic rings. The summed E-state index contributed by atoms with van der Waals surface area (Å²) in [5, 5.41) is 16.2. The van der Waals surface area contributed by atoms with Gasteiger partial charge in [0.2, 0.25) is 53.2 Å². The normalized spacial score (nSPS) is 13.4. The van der Waals surface area contributed by atoms with Crippen LogP contribution in [-0.2, 0) is 62.4 Å². The quantitative estimate of drug-likeness (QED) is 0.0268. The molecule has 5 rings (SSSR count). The van der Waals surface area contributed by atoms with Crippen LogP contribution in [0.25, 0.3) is 10.9 Å². The summed E-state index contributed by atoms with van der Waals surface area (Å²) in [4.78, 5) is 145. The first-order valence-electron chi connectivity index (χ1n) is 24.2. The molecule has 16 N–H and O–H groups in total. The smallest absolute Gasteiger partial charge is 0.261 e. The number of imide groups is 1. The summed E-state index contributed by atoms with van der Waals surface area (Å²) in [7, 11) is 0. The second kappa shape index (κ2) is 27.8. The van der Waals surface area contributed by atoms with E-state index in [0.29, 0.717) is 44.7 Å². The zero-order chi connectivity index (χ0) is 54.6. The highest BCUT2D eigenvalue weighted by Crippen LogP contribution is 2.21. The molecule has 75 heavy (non-hydrogen) atoms. The highest BCUT2D eigenvalue weighted by molar-refractivity contribution is 6.09. The third-order valence-electron chi connectivity index (χ3n) is 12.1. The molecule has 0 aliphatic carbocycles. The van der Waals surface area contributed by atoms with E-state index in [0.717, 1.165) is 6.42 Å². The number of amides is 10. The highest BCUT2D eigenvalue weighted by Gasteiger charge is 2.38. The number of fused-ring (bicyclic) bond motifs is 1. The van der Waals surface area contributed by atoms with E-state index in [1.54, 1.807) is 60.8 Å². The van der Waals surface area contributed by atoms with Gasteiger partial charge in [0.05, 0.1) is 19.4 Å². The van der Waals surface area contributed by atoms with Gasteiger partial charge in [-0.3, -0.25) is 52.8 Å². The molecule has 3 aromatic carbocycles. The van der Waals surface area contributed by atoms with Crippen molar-refractivity contribution in [1.29, 1.82) is 0 Å². The topological polar surface area (TPSA) is 395 Å². The van der Waals surface area contributed by atoms with Crippen LogP contribution in [-0.4, -0.2) is 128 Å². The number of aromatic nitrogens is 3. The number of nitrogens with two attached hydrogens (primary N) is 4. The van der Waals surface area contributed by atoms with Crippen LogP contribution in [0.2, 0.25) is 0 Å². The number of unbranched alkanes of at least 4 members (excludes halogenated alkanes) is 1. The lowest BCUT2D eigenvalue weighted by atomic mass is 10.0. The first kappa shape index (κ1) is 57.0. The van der Waals surface area contributed by atoms with Crippen LogP contribution in [0, 0.1) is 0 Å². The lowest BCUT2D eigenvalue weighted by Gasteiger charge is -2.30. The fraction of sp³-hybridized carbons (Fsp3) is 0.353. The Morgan fingerprint density at radius 2 is 1.31 bits per heavy atom. The monoisotopic (exact) mass is 1030 g/mol. The molecule has 0 spiro atoms. The lowest BCUT2D eigenvalue weighted by molar-refractivity contribution is -0.139. The summed E-state index contributed by atoms with van der Waals surface area (Å²) in [6.07, 6.45) is 4.85. The van der Waals surface area contributed by atoms with Gasteiger partial charge in [0.25, 0.3) is 5.91 Å². The SMILES string of the molecule is CCCC[C@H](NC(=O)[C@H](Cc1ccccc1)NC(=O)[C@H](Cc1cnc[nH]1)NC(=O)CNC(=O)[C@H](C)NC(=O)[C@H](Cc1c[nH]c2ccccc12)NC(=O)[C@H](CCC(N)=O)N(C(=O)CN)C(=O)c1ccc(N)cc1)C(N)=O. The van der Waals surface area contributed by atoms with Gasteiger partial charge in [-0.1, -0.05) is 68.3 Å². The minimum absolute atomic E-state index is 0.0147. The Hall–Kier alpha value is -8.93. The van der Waals surface area contributed by atoms with Crippen molar-refractivity contribution in [2.75, 3.05) is 18.8 Å². The average Bonchev–Trinajstić information content (AvgIpc) is 4.07. The maximum Gasteiger partial charge on any atom is 0.261 e. The number of H-pyrrole nitrogens is 2. The minimum atomic E-state index is -1.70. The summed E-state index contributed by atoms with van der Waals surface area (Å²) in [5.74, 6) is -8.59. The van der Waals surface area contributed by atoms with Gasteiger partial charge in [0.1, 0.15) is 36.3 Å². The van der Waals surface area contributed by atoms with Crippen LogP contribution >= 0.6 is 0 Å². The van der Waals surface area contributed by atoms with Crippen LogP contribution in [0.1, 0.15) is 73.1 Å². The molecule has 2 heterocycles. The van der Waals surface area contributed by atoms with E-state index < -0.39 is 121 Å². The van der Waals surface area contributed by atoms with Gasteiger partial charge in [0.15, 0.2) is 0 Å². The molecule has 5 aromatic rings. The molecule has 24 heteroatoms. The van der Waals surface area contributed by atoms with Gasteiger partial charge >= 0.3 is 0 Å². The van der Waals surface area contributed by atoms with Crippen LogP contribution in [0.3, 0.4) is 0 Å². The largest absolute Gasteiger partial charge is 0.399 e. The number of nitrogens with zero attached hydrogens (tertiary/aromatic N) is 2. The second-order valence-corrected chi connectivity index (χ2v) is 17.7. The Bertz CT molecular complexity index is 2800. The Labute approximate surface area is 431 Å². The van der Waals surface area contributed by atoms with Crippen LogP contribution in [0.5, 0.6) is 0 Å². The maximum absolute atomic E-state index is 14.4. The van der Waals surface area contributed by atoms with E-state index in [4.69, 9.17) is 22.9 Å². The predicted molar refractivity (Wildman–Crippen MR) is 275 cm³/mol. The van der Waals surface area contributed by atoms with E-state index >= 15 is 0 Å². The van der Waals surface area contributed by atoms with Crippen molar-refractivity contribution in [3.05, 3.63) is 120 Å². The molecule has 10 amide bonds. The van der Waals surface area contributed by atoms with E-state index in [-0.39, 0.29) is 31.2 Å². The van der Waals surface area contributed by atoms with Gasteiger partial charge < -0.3 is 64.8 Å². The number of aromatic amines is 2. The molecular weight excluding hydrogens is 969 g/mol. The molecule has 398 valence electrons. The number of primary amides is 2. The maximum atomic E-state index is 14.4. The number of anilines is 1. The first-order valence-corrected chi connectivity index (χ1v) is 24.2. The van der Waals surface area contributed by atoms with Crippen molar-refractivity contribution in [3.8, 4) is 0 Å². The Balaban J connectivity index is 1.32. The number of rotatable bonds is 28. The summed E-state index contributed by atoms with van der Waals surface area (Å²) < 4.78 is 0. The molecular formula is C51H64N14O10. The summed E-state index contributed by atoms with van der Waals surface area (Å²) in [6.45, 7) is 1.83. The number of imidazole rings is 1. The fourth-order valence-electron chi connectivity index (χ4n) is 8.01. The highest BCUT2D eigenvalue weighted by atomic mass is 16.2. The van der Waals surface area contributed by atoms with E-state index in [2.05, 4.69) is 46.9 Å².